The van der Waals surface area contributed by atoms with E-state index < -0.39 is 150 Å². The van der Waals surface area contributed by atoms with Gasteiger partial charge in [-0.15, -0.1) is 0 Å². The number of aromatic nitrogens is 2. The number of hydrogen-bond donors (Lipinski definition) is 12. The number of likely N-dealkylation sites (tertiary alicyclic amines) is 3. The largest absolute Gasteiger partial charge is 0.481 e. The van der Waals surface area contributed by atoms with Crippen LogP contribution in [0.4, 0.5) is 0 Å². The number of amides is 10. The summed E-state index contributed by atoms with van der Waals surface area (Å²) in [7, 11) is 0. The Hall–Kier alpha value is -7.72. The van der Waals surface area contributed by atoms with E-state index >= 15 is 0 Å². The van der Waals surface area contributed by atoms with Crippen LogP contribution in [0, 0.1) is 5.92 Å². The second-order valence-corrected chi connectivity index (χ2v) is 19.7. The summed E-state index contributed by atoms with van der Waals surface area (Å²) in [4.78, 5) is 182. The summed E-state index contributed by atoms with van der Waals surface area (Å²) in [5.74, 6) is -13.0. The third kappa shape index (κ3) is 15.9. The van der Waals surface area contributed by atoms with Crippen molar-refractivity contribution in [1.29, 1.82) is 0 Å². The third-order valence-electron chi connectivity index (χ3n) is 13.7. The first-order valence-electron chi connectivity index (χ1n) is 25.3. The summed E-state index contributed by atoms with van der Waals surface area (Å²) in [5.41, 5.74) is 0.255. The van der Waals surface area contributed by atoms with Crippen LogP contribution in [0.1, 0.15) is 97.6 Å². The van der Waals surface area contributed by atoms with Gasteiger partial charge in [-0.25, -0.2) is 4.98 Å². The van der Waals surface area contributed by atoms with Crippen LogP contribution >= 0.6 is 0 Å². The number of carbonyl (C=O) groups excluding carboxylic acids is 10. The normalized spacial score (nSPS) is 21.5. The number of aliphatic carboxylic acids is 3. The Morgan fingerprint density at radius 3 is 1.68 bits per heavy atom. The van der Waals surface area contributed by atoms with E-state index in [0.29, 0.717) is 32.2 Å². The molecule has 4 fully saturated rings. The minimum absolute atomic E-state index is 0.0260. The number of nitrogens with zero attached hydrogens (tertiary/aromatic N) is 4. The molecule has 1 aromatic heterocycles. The first-order valence-corrected chi connectivity index (χ1v) is 25.3. The molecule has 29 heteroatoms. The summed E-state index contributed by atoms with van der Waals surface area (Å²) >= 11 is 0. The van der Waals surface area contributed by atoms with Gasteiger partial charge in [-0.1, -0.05) is 13.8 Å². The number of rotatable bonds is 25. The molecular weight excluding hydrogens is 1000 g/mol. The molecular formula is C47H69N13O16. The Balaban J connectivity index is 1.23. The van der Waals surface area contributed by atoms with Gasteiger partial charge >= 0.3 is 17.9 Å². The maximum absolute atomic E-state index is 14.3. The van der Waals surface area contributed by atoms with Crippen molar-refractivity contribution in [1.82, 2.24) is 67.2 Å². The summed E-state index contributed by atoms with van der Waals surface area (Å²) < 4.78 is 0. The molecule has 10 atom stereocenters. The number of imidazole rings is 1. The van der Waals surface area contributed by atoms with Gasteiger partial charge in [0.15, 0.2) is 0 Å². The predicted octanol–water partition coefficient (Wildman–Crippen LogP) is -4.57. The zero-order valence-electron chi connectivity index (χ0n) is 42.8. The van der Waals surface area contributed by atoms with Crippen molar-refractivity contribution >= 4 is 77.0 Å². The van der Waals surface area contributed by atoms with Crippen LogP contribution < -0.4 is 42.5 Å². The lowest BCUT2D eigenvalue weighted by Gasteiger charge is -2.33. The highest BCUT2D eigenvalue weighted by molar-refractivity contribution is 6.00. The average Bonchev–Trinajstić information content (AvgIpc) is 4.23. The highest BCUT2D eigenvalue weighted by Crippen LogP contribution is 2.26. The topological polar surface area (TPSA) is 417 Å². The quantitative estimate of drug-likeness (QED) is 0.0439. The van der Waals surface area contributed by atoms with E-state index in [4.69, 9.17) is 5.11 Å². The van der Waals surface area contributed by atoms with Crippen molar-refractivity contribution < 1.29 is 77.6 Å². The molecule has 0 spiro atoms. The number of hydrogen-bond acceptors (Lipinski definition) is 15. The van der Waals surface area contributed by atoms with Crippen LogP contribution in [-0.2, 0) is 68.7 Å². The molecule has 0 bridgehead atoms. The monoisotopic (exact) mass is 1070 g/mol. The number of carbonyl (C=O) groups is 13. The molecule has 418 valence electrons. The van der Waals surface area contributed by atoms with Gasteiger partial charge in [0.05, 0.1) is 37.4 Å². The summed E-state index contributed by atoms with van der Waals surface area (Å²) in [5, 5.41) is 48.7. The Morgan fingerprint density at radius 1 is 0.605 bits per heavy atom. The molecule has 5 rings (SSSR count). The van der Waals surface area contributed by atoms with Crippen molar-refractivity contribution in [2.45, 2.75) is 159 Å². The zero-order valence-corrected chi connectivity index (χ0v) is 42.8. The van der Waals surface area contributed by atoms with E-state index in [1.54, 1.807) is 13.8 Å². The van der Waals surface area contributed by atoms with Crippen LogP contribution in [0.3, 0.4) is 0 Å². The minimum atomic E-state index is -1.83. The van der Waals surface area contributed by atoms with E-state index in [2.05, 4.69) is 52.5 Å². The van der Waals surface area contributed by atoms with Crippen molar-refractivity contribution in [3.05, 3.63) is 18.2 Å². The molecule has 4 aliphatic heterocycles. The van der Waals surface area contributed by atoms with Crippen molar-refractivity contribution in [3.8, 4) is 0 Å². The Morgan fingerprint density at radius 2 is 1.14 bits per heavy atom. The van der Waals surface area contributed by atoms with Crippen LogP contribution in [0.2, 0.25) is 0 Å². The van der Waals surface area contributed by atoms with Gasteiger partial charge in [0.1, 0.15) is 54.4 Å². The molecule has 0 saturated carbocycles. The van der Waals surface area contributed by atoms with E-state index in [9.17, 15) is 72.5 Å². The number of aromatic amines is 1. The summed E-state index contributed by atoms with van der Waals surface area (Å²) in [6.45, 7) is 6.29. The molecule has 5 heterocycles. The first-order chi connectivity index (χ1) is 36.0. The number of H-pyrrole nitrogens is 1. The molecule has 1 aromatic rings. The fraction of sp³-hybridized carbons (Fsp3) is 0.660. The van der Waals surface area contributed by atoms with Gasteiger partial charge in [0.2, 0.25) is 59.1 Å². The molecule has 0 aliphatic carbocycles. The summed E-state index contributed by atoms with van der Waals surface area (Å²) in [6.07, 6.45) is 3.53. The van der Waals surface area contributed by atoms with Gasteiger partial charge in [0.25, 0.3) is 0 Å². The lowest BCUT2D eigenvalue weighted by Crippen LogP contribution is -2.61. The van der Waals surface area contributed by atoms with Gasteiger partial charge in [0, 0.05) is 32.3 Å². The van der Waals surface area contributed by atoms with Gasteiger partial charge in [-0.05, 0) is 77.7 Å². The van der Waals surface area contributed by atoms with Gasteiger partial charge in [-0.3, -0.25) is 62.3 Å². The van der Waals surface area contributed by atoms with E-state index in [1.807, 2.05) is 0 Å². The molecule has 29 nitrogen and oxygen atoms in total. The van der Waals surface area contributed by atoms with E-state index in [1.165, 1.54) is 36.2 Å². The van der Waals surface area contributed by atoms with Crippen LogP contribution in [0.25, 0.3) is 0 Å². The Labute approximate surface area is 436 Å². The maximum atomic E-state index is 14.3. The number of carboxylic acid groups (broad SMARTS) is 3. The standard InChI is InChI=1S/C47H69N13O16/c1-23(2)37(57-42(70)30(19-36(64)65)56-43(71)31-10-6-15-59(31)45(73)33-12-8-14-58(33)34(61)21-50-39(67)27-9-5-13-49-27)46(74)60-16-7-11-32(60)44(72)55-29(18-35(62)63)41(69)54-28(17-26-20-48-22-51-26)40(68)52-24(3)38(66)53-25(4)47(75)76/h20,22-25,27-33,37,49H,5-19,21H2,1-4H3,(H,48,51)(H,50,67)(H,52,68)(H,53,66)(H,54,69)(H,55,72)(H,56,71)(H,57,70)(H,62,63)(H,64,65)(H,75,76)/t24-,25-,27-,28-,29-,30-,31-,32-,33-,37-/m0/s1. The second kappa shape index (κ2) is 27.2. The van der Waals surface area contributed by atoms with E-state index in [-0.39, 0.29) is 63.5 Å². The molecule has 4 aliphatic rings. The molecule has 4 saturated heterocycles. The molecule has 0 unspecified atom stereocenters. The lowest BCUT2D eigenvalue weighted by atomic mass is 10.0. The highest BCUT2D eigenvalue weighted by Gasteiger charge is 2.45. The smallest absolute Gasteiger partial charge is 0.325 e. The Kier molecular flexibility index (Phi) is 21.2. The Bertz CT molecular complexity index is 2360. The average molecular weight is 1070 g/mol. The van der Waals surface area contributed by atoms with Crippen molar-refractivity contribution in [3.63, 3.8) is 0 Å². The number of nitrogens with one attached hydrogen (secondary N) is 9. The fourth-order valence-electron chi connectivity index (χ4n) is 9.54. The van der Waals surface area contributed by atoms with Crippen LogP contribution in [0.5, 0.6) is 0 Å². The molecule has 10 amide bonds. The third-order valence-corrected chi connectivity index (χ3v) is 13.7. The van der Waals surface area contributed by atoms with Gasteiger partial charge < -0.3 is 77.5 Å². The molecule has 0 aromatic carbocycles. The zero-order chi connectivity index (χ0) is 56.0. The lowest BCUT2D eigenvalue weighted by molar-refractivity contribution is -0.147. The SMILES string of the molecule is CC(C)[C@H](NC(=O)[C@H](CC(=O)O)NC(=O)[C@@H]1CCCN1C(=O)[C@@H]1CCCN1C(=O)CNC(=O)[C@@H]1CCCN1)C(=O)N1CCC[C@H]1C(=O)N[C@@H](CC(=O)O)C(=O)N[C@@H](Cc1c[nH]cn1)C(=O)N[C@@H](C)C(=O)N[C@@H](C)C(=O)O. The van der Waals surface area contributed by atoms with Crippen LogP contribution in [-0.4, -0.2) is 210 Å². The van der Waals surface area contributed by atoms with Crippen molar-refractivity contribution in [2.75, 3.05) is 32.7 Å². The second-order valence-electron chi connectivity index (χ2n) is 19.7. The van der Waals surface area contributed by atoms with Crippen LogP contribution in [0.15, 0.2) is 12.5 Å². The van der Waals surface area contributed by atoms with Gasteiger partial charge in [-0.2, -0.15) is 0 Å². The molecule has 12 N–H and O–H groups in total. The molecule has 76 heavy (non-hydrogen) atoms. The first kappa shape index (κ1) is 59.2. The summed E-state index contributed by atoms with van der Waals surface area (Å²) in [6, 6.07) is -12.9. The van der Waals surface area contributed by atoms with Crippen molar-refractivity contribution in [2.24, 2.45) is 5.92 Å². The highest BCUT2D eigenvalue weighted by atomic mass is 16.4. The fourth-order valence-corrected chi connectivity index (χ4v) is 9.54. The maximum Gasteiger partial charge on any atom is 0.325 e. The minimum Gasteiger partial charge on any atom is -0.481 e. The molecule has 0 radical (unpaired) electrons. The van der Waals surface area contributed by atoms with E-state index in [0.717, 1.165) is 11.3 Å². The number of carboxylic acids is 3. The predicted molar refractivity (Wildman–Crippen MR) is 260 cm³/mol.